The number of benzene rings is 6. The van der Waals surface area contributed by atoms with Crippen LogP contribution in [0.4, 0.5) is 0 Å². The van der Waals surface area contributed by atoms with Crippen molar-refractivity contribution in [3.8, 4) is 17.2 Å². The Morgan fingerprint density at radius 3 is 1.06 bits per heavy atom. The summed E-state index contributed by atoms with van der Waals surface area (Å²) >= 11 is 0. The zero-order valence-corrected chi connectivity index (χ0v) is 38.9. The van der Waals surface area contributed by atoms with Crippen LogP contribution in [0.3, 0.4) is 0 Å². The van der Waals surface area contributed by atoms with E-state index < -0.39 is 18.1 Å². The van der Waals surface area contributed by atoms with E-state index in [0.717, 1.165) is 50.6 Å². The Hall–Kier alpha value is -7.03. The van der Waals surface area contributed by atoms with Gasteiger partial charge in [0.05, 0.1) is 18.1 Å². The first-order chi connectivity index (χ1) is 33.2. The molecule has 13 heteroatoms. The van der Waals surface area contributed by atoms with E-state index in [4.69, 9.17) is 25.7 Å². The van der Waals surface area contributed by atoms with Gasteiger partial charge in [0, 0.05) is 39.3 Å². The predicted molar refractivity (Wildman–Crippen MR) is 267 cm³/mol. The molecule has 6 rings (SSSR count). The molecular weight excluding hydrogens is 855 g/mol. The molecule has 0 aromatic heterocycles. The van der Waals surface area contributed by atoms with Crippen molar-refractivity contribution in [2.75, 3.05) is 46.3 Å². The van der Waals surface area contributed by atoms with Crippen LogP contribution in [0, 0.1) is 0 Å². The van der Waals surface area contributed by atoms with Gasteiger partial charge in [0.25, 0.3) is 0 Å². The summed E-state index contributed by atoms with van der Waals surface area (Å²) in [4.78, 5) is 41.7. The second kappa shape index (κ2) is 27.6. The molecule has 0 radical (unpaired) electrons. The van der Waals surface area contributed by atoms with Crippen molar-refractivity contribution in [2.45, 2.75) is 57.2 Å². The van der Waals surface area contributed by atoms with E-state index in [1.165, 1.54) is 0 Å². The summed E-state index contributed by atoms with van der Waals surface area (Å²) in [6, 6.07) is 50.9. The van der Waals surface area contributed by atoms with Gasteiger partial charge in [0.1, 0.15) is 37.1 Å². The first-order valence-electron chi connectivity index (χ1n) is 23.2. The molecular formula is C55H65N7O6. The molecule has 0 bridgehead atoms. The third-order valence-corrected chi connectivity index (χ3v) is 11.4. The highest BCUT2D eigenvalue weighted by molar-refractivity contribution is 5.83. The minimum Gasteiger partial charge on any atom is -0.489 e. The Kier molecular flexibility index (Phi) is 20.4. The van der Waals surface area contributed by atoms with Gasteiger partial charge in [-0.05, 0) is 96.1 Å². The minimum absolute atomic E-state index is 0.137. The number of carbonyl (C=O) groups excluding carboxylic acids is 3. The number of likely N-dealkylation sites (N-methyl/N-ethyl adjacent to an activating group) is 1. The Morgan fingerprint density at radius 1 is 0.426 bits per heavy atom. The summed E-state index contributed by atoms with van der Waals surface area (Å²) in [6.45, 7) is 3.76. The average molecular weight is 920 g/mol. The van der Waals surface area contributed by atoms with Crippen LogP contribution in [-0.2, 0) is 53.5 Å². The van der Waals surface area contributed by atoms with Crippen molar-refractivity contribution in [1.29, 1.82) is 0 Å². The second-order valence-electron chi connectivity index (χ2n) is 16.6. The number of carbonyl (C=O) groups is 3. The van der Waals surface area contributed by atoms with Crippen LogP contribution < -0.4 is 46.9 Å². The standard InChI is InChI=1S/C55H65N7O6/c1-58-52(37-43-21-27-49(28-22-43)68-40-46-15-9-4-10-16-46)55(65)61-31-34-62(32-29-59-53(63)50(56)35-41-17-23-47(24-18-41)66-38-44-11-5-2-6-12-44)33-30-60-54(64)51(57)36-42-19-25-48(26-20-42)67-39-45-13-7-3-8-14-45/h2-28,50-52,58H,29-40,56-57H2,1H3,(H,59,63)(H,60,64)(H,61,65)/t50-,51+,52?. The number of hydrogen-bond donors (Lipinski definition) is 6. The molecule has 356 valence electrons. The molecule has 13 nitrogen and oxygen atoms in total. The molecule has 6 aromatic rings. The topological polar surface area (TPSA) is 182 Å². The lowest BCUT2D eigenvalue weighted by atomic mass is 10.1. The van der Waals surface area contributed by atoms with Gasteiger partial charge in [-0.1, -0.05) is 127 Å². The van der Waals surface area contributed by atoms with Crippen LogP contribution in [-0.4, -0.2) is 87.1 Å². The molecule has 0 saturated heterocycles. The van der Waals surface area contributed by atoms with Crippen molar-refractivity contribution in [3.63, 3.8) is 0 Å². The van der Waals surface area contributed by atoms with Crippen LogP contribution >= 0.6 is 0 Å². The Bertz CT molecular complexity index is 2280. The number of ether oxygens (including phenoxy) is 3. The number of amides is 3. The second-order valence-corrected chi connectivity index (χ2v) is 16.6. The normalized spacial score (nSPS) is 12.4. The molecule has 0 aliphatic heterocycles. The molecule has 3 atom stereocenters. The Labute approximate surface area is 400 Å². The zero-order chi connectivity index (χ0) is 47.8. The third kappa shape index (κ3) is 17.6. The molecule has 0 spiro atoms. The highest BCUT2D eigenvalue weighted by atomic mass is 16.5. The molecule has 0 heterocycles. The fourth-order valence-corrected chi connectivity index (χ4v) is 7.38. The summed E-state index contributed by atoms with van der Waals surface area (Å²) < 4.78 is 17.7. The summed E-state index contributed by atoms with van der Waals surface area (Å²) in [5.74, 6) is 1.54. The maximum atomic E-state index is 13.4. The maximum absolute atomic E-state index is 13.4. The molecule has 8 N–H and O–H groups in total. The third-order valence-electron chi connectivity index (χ3n) is 11.4. The number of nitrogens with two attached hydrogens (primary N) is 2. The van der Waals surface area contributed by atoms with Crippen LogP contribution in [0.2, 0.25) is 0 Å². The fraction of sp³-hybridized carbons (Fsp3) is 0.291. The predicted octanol–water partition coefficient (Wildman–Crippen LogP) is 5.34. The Morgan fingerprint density at radius 2 is 0.735 bits per heavy atom. The lowest BCUT2D eigenvalue weighted by molar-refractivity contribution is -0.123. The van der Waals surface area contributed by atoms with Gasteiger partial charge in [0.2, 0.25) is 17.7 Å². The van der Waals surface area contributed by atoms with E-state index in [1.54, 1.807) is 7.05 Å². The number of rotatable bonds is 28. The van der Waals surface area contributed by atoms with Crippen LogP contribution in [0.5, 0.6) is 17.2 Å². The van der Waals surface area contributed by atoms with Crippen LogP contribution in [0.1, 0.15) is 33.4 Å². The van der Waals surface area contributed by atoms with Gasteiger partial charge in [-0.3, -0.25) is 19.3 Å². The molecule has 3 amide bonds. The largest absolute Gasteiger partial charge is 0.489 e. The van der Waals surface area contributed by atoms with Crippen molar-refractivity contribution < 1.29 is 28.6 Å². The smallest absolute Gasteiger partial charge is 0.237 e. The SMILES string of the molecule is CNC(Cc1ccc(OCc2ccccc2)cc1)C(=O)NCCN(CCNC(=O)[C@H](N)Cc1ccc(OCc2ccccc2)cc1)CCNC(=O)[C@@H](N)Cc1ccc(OCc2ccccc2)cc1. The van der Waals surface area contributed by atoms with Gasteiger partial charge in [0.15, 0.2) is 0 Å². The average Bonchev–Trinajstić information content (AvgIpc) is 3.37. The number of nitrogens with one attached hydrogen (secondary N) is 4. The van der Waals surface area contributed by atoms with Crippen LogP contribution in [0.25, 0.3) is 0 Å². The van der Waals surface area contributed by atoms with Crippen LogP contribution in [0.15, 0.2) is 164 Å². The van der Waals surface area contributed by atoms with Gasteiger partial charge in [-0.2, -0.15) is 0 Å². The van der Waals surface area contributed by atoms with E-state index in [2.05, 4.69) is 26.2 Å². The fourth-order valence-electron chi connectivity index (χ4n) is 7.38. The lowest BCUT2D eigenvalue weighted by Gasteiger charge is -2.24. The van der Waals surface area contributed by atoms with Crippen molar-refractivity contribution in [1.82, 2.24) is 26.2 Å². The summed E-state index contributed by atoms with van der Waals surface area (Å²) in [5.41, 5.74) is 18.8. The van der Waals surface area contributed by atoms with Gasteiger partial charge in [-0.15, -0.1) is 0 Å². The first kappa shape index (κ1) is 50.4. The quantitative estimate of drug-likeness (QED) is 0.0376. The Balaban J connectivity index is 0.960. The minimum atomic E-state index is -0.755. The lowest BCUT2D eigenvalue weighted by Crippen LogP contribution is -2.49. The van der Waals surface area contributed by atoms with Crippen molar-refractivity contribution >= 4 is 17.7 Å². The number of nitrogens with zero attached hydrogens (tertiary/aromatic N) is 1. The van der Waals surface area contributed by atoms with Gasteiger partial charge >= 0.3 is 0 Å². The van der Waals surface area contributed by atoms with Crippen molar-refractivity contribution in [3.05, 3.63) is 197 Å². The van der Waals surface area contributed by atoms with E-state index in [9.17, 15) is 14.4 Å². The maximum Gasteiger partial charge on any atom is 0.237 e. The summed E-state index contributed by atoms with van der Waals surface area (Å²) in [5, 5.41) is 12.1. The molecule has 1 unspecified atom stereocenters. The molecule has 0 fully saturated rings. The van der Waals surface area contributed by atoms with Gasteiger partial charge < -0.3 is 46.9 Å². The van der Waals surface area contributed by atoms with E-state index >= 15 is 0 Å². The van der Waals surface area contributed by atoms with E-state index in [-0.39, 0.29) is 17.7 Å². The van der Waals surface area contributed by atoms with E-state index in [0.29, 0.717) is 78.4 Å². The monoisotopic (exact) mass is 919 g/mol. The molecule has 68 heavy (non-hydrogen) atoms. The van der Waals surface area contributed by atoms with Crippen molar-refractivity contribution in [2.24, 2.45) is 11.5 Å². The molecule has 0 saturated carbocycles. The highest BCUT2D eigenvalue weighted by Crippen LogP contribution is 2.18. The molecule has 0 aliphatic rings. The summed E-state index contributed by atoms with van der Waals surface area (Å²) in [7, 11) is 1.77. The first-order valence-corrected chi connectivity index (χ1v) is 23.2. The van der Waals surface area contributed by atoms with E-state index in [1.807, 2.05) is 164 Å². The molecule has 0 aliphatic carbocycles. The zero-order valence-electron chi connectivity index (χ0n) is 38.9. The number of hydrogen-bond acceptors (Lipinski definition) is 10. The molecule has 6 aromatic carbocycles. The summed E-state index contributed by atoms with van der Waals surface area (Å²) in [6.07, 6.45) is 1.21. The highest BCUT2D eigenvalue weighted by Gasteiger charge is 2.19. The van der Waals surface area contributed by atoms with Gasteiger partial charge in [-0.25, -0.2) is 0 Å².